The number of ether oxygens (including phenoxy) is 1. The molecule has 5 rings (SSSR count). The van der Waals surface area contributed by atoms with Crippen molar-refractivity contribution in [2.45, 2.75) is 19.3 Å². The van der Waals surface area contributed by atoms with Crippen molar-refractivity contribution in [1.82, 2.24) is 0 Å². The molecule has 2 aromatic rings. The number of phenolic OH excluding ortho intramolecular Hbond substituents is 1. The van der Waals surface area contributed by atoms with E-state index >= 15 is 0 Å². The van der Waals surface area contributed by atoms with Crippen LogP contribution in [0.5, 0.6) is 11.5 Å². The largest absolute Gasteiger partial charge is 0.511 e. The lowest BCUT2D eigenvalue weighted by atomic mass is 9.61. The fourth-order valence-corrected chi connectivity index (χ4v) is 5.58. The summed E-state index contributed by atoms with van der Waals surface area (Å²) in [7, 11) is 1.53. The number of primary amides is 1. The van der Waals surface area contributed by atoms with Crippen LogP contribution in [0.3, 0.4) is 0 Å². The number of aliphatic hydroxyl groups is 2. The predicted molar refractivity (Wildman–Crippen MR) is 114 cm³/mol. The number of rotatable bonds is 2. The number of carbonyl (C=O) groups is 3. The lowest BCUT2D eigenvalue weighted by Crippen LogP contribution is -2.44. The van der Waals surface area contributed by atoms with E-state index in [0.29, 0.717) is 34.9 Å². The Kier molecular flexibility index (Phi) is 4.30. The number of carbonyl (C=O) groups excluding carboxylic acids is 3. The second kappa shape index (κ2) is 6.85. The molecule has 3 aliphatic carbocycles. The molecule has 1 fully saturated rings. The molecule has 8 heteroatoms. The summed E-state index contributed by atoms with van der Waals surface area (Å²) >= 11 is 0. The zero-order valence-electron chi connectivity index (χ0n) is 17.2. The summed E-state index contributed by atoms with van der Waals surface area (Å²) in [4.78, 5) is 37.4. The topological polar surface area (TPSA) is 147 Å². The number of nitrogens with two attached hydrogens (primary N) is 1. The number of methoxy groups -OCH3 is 1. The molecule has 1 amide bonds. The Bertz CT molecular complexity index is 1300. The summed E-state index contributed by atoms with van der Waals surface area (Å²) in [5.41, 5.74) is 5.63. The average Bonchev–Trinajstić information content (AvgIpc) is 2.72. The van der Waals surface area contributed by atoms with E-state index < -0.39 is 46.6 Å². The first kappa shape index (κ1) is 20.1. The van der Waals surface area contributed by atoms with Crippen LogP contribution in [0.25, 0.3) is 16.5 Å². The van der Waals surface area contributed by atoms with Gasteiger partial charge in [0, 0.05) is 22.8 Å². The molecule has 5 N–H and O–H groups in total. The maximum Gasteiger partial charge on any atom is 0.255 e. The number of phenols is 1. The van der Waals surface area contributed by atoms with E-state index in [2.05, 4.69) is 0 Å². The van der Waals surface area contributed by atoms with Gasteiger partial charge in [-0.3, -0.25) is 14.4 Å². The third kappa shape index (κ3) is 2.58. The number of aliphatic hydroxyl groups excluding tert-OH is 2. The van der Waals surface area contributed by atoms with Crippen molar-refractivity contribution in [2.24, 2.45) is 23.5 Å². The van der Waals surface area contributed by atoms with Crippen molar-refractivity contribution in [1.29, 1.82) is 0 Å². The van der Waals surface area contributed by atoms with Crippen LogP contribution in [0.4, 0.5) is 0 Å². The van der Waals surface area contributed by atoms with Gasteiger partial charge in [-0.15, -0.1) is 0 Å². The molecular weight excluding hydrogens is 414 g/mol. The Hall–Kier alpha value is -3.81. The van der Waals surface area contributed by atoms with Gasteiger partial charge in [-0.25, -0.2) is 0 Å². The highest BCUT2D eigenvalue weighted by molar-refractivity contribution is 6.21. The molecule has 164 valence electrons. The summed E-state index contributed by atoms with van der Waals surface area (Å²) in [5.74, 6) is -4.77. The number of fused-ring (bicyclic) bond motifs is 4. The first-order valence-corrected chi connectivity index (χ1v) is 10.3. The van der Waals surface area contributed by atoms with Gasteiger partial charge in [-0.05, 0) is 42.4 Å². The predicted octanol–water partition coefficient (Wildman–Crippen LogP) is 2.47. The quantitative estimate of drug-likeness (QED) is 0.530. The minimum atomic E-state index is -1.12. The van der Waals surface area contributed by atoms with E-state index in [4.69, 9.17) is 10.5 Å². The van der Waals surface area contributed by atoms with Gasteiger partial charge < -0.3 is 25.8 Å². The first-order chi connectivity index (χ1) is 15.2. The van der Waals surface area contributed by atoms with E-state index in [1.807, 2.05) is 6.07 Å². The van der Waals surface area contributed by atoms with Crippen LogP contribution in [-0.4, -0.2) is 39.9 Å². The van der Waals surface area contributed by atoms with E-state index in [9.17, 15) is 29.7 Å². The fraction of sp³-hybridized carbons (Fsp3) is 0.292. The van der Waals surface area contributed by atoms with Gasteiger partial charge in [0.1, 0.15) is 28.6 Å². The second-order valence-corrected chi connectivity index (χ2v) is 8.57. The number of benzene rings is 2. The SMILES string of the molecule is COc1cccc2c(O)c3c(cc12)CC1CC2CC(=O)C(C(N)=O)=C(O)C2C(=O)C1=C3O. The summed E-state index contributed by atoms with van der Waals surface area (Å²) in [5, 5.41) is 33.8. The van der Waals surface area contributed by atoms with E-state index in [0.717, 1.165) is 0 Å². The minimum Gasteiger partial charge on any atom is -0.511 e. The van der Waals surface area contributed by atoms with Gasteiger partial charge in [0.05, 0.1) is 18.6 Å². The third-order valence-electron chi connectivity index (χ3n) is 6.91. The Balaban J connectivity index is 1.70. The van der Waals surface area contributed by atoms with Crippen molar-refractivity contribution >= 4 is 34.0 Å². The molecule has 3 aliphatic rings. The van der Waals surface area contributed by atoms with Crippen LogP contribution in [0.1, 0.15) is 24.0 Å². The van der Waals surface area contributed by atoms with Crippen molar-refractivity contribution in [3.05, 3.63) is 52.3 Å². The monoisotopic (exact) mass is 435 g/mol. The molecular formula is C24H21NO7. The van der Waals surface area contributed by atoms with Crippen LogP contribution in [0.2, 0.25) is 0 Å². The molecule has 3 unspecified atom stereocenters. The normalized spacial score (nSPS) is 24.8. The Morgan fingerprint density at radius 1 is 1.12 bits per heavy atom. The summed E-state index contributed by atoms with van der Waals surface area (Å²) in [6.45, 7) is 0. The summed E-state index contributed by atoms with van der Waals surface area (Å²) < 4.78 is 5.40. The molecule has 0 bridgehead atoms. The van der Waals surface area contributed by atoms with Crippen LogP contribution < -0.4 is 10.5 Å². The highest BCUT2D eigenvalue weighted by Gasteiger charge is 2.50. The van der Waals surface area contributed by atoms with Crippen molar-refractivity contribution in [2.75, 3.05) is 7.11 Å². The molecule has 0 aromatic heterocycles. The van der Waals surface area contributed by atoms with Crippen LogP contribution in [-0.2, 0) is 20.8 Å². The Morgan fingerprint density at radius 3 is 2.56 bits per heavy atom. The highest BCUT2D eigenvalue weighted by Crippen LogP contribution is 2.51. The maximum absolute atomic E-state index is 13.4. The lowest BCUT2D eigenvalue weighted by molar-refractivity contribution is -0.127. The molecule has 2 aromatic carbocycles. The number of aromatic hydroxyl groups is 1. The first-order valence-electron chi connectivity index (χ1n) is 10.3. The summed E-state index contributed by atoms with van der Waals surface area (Å²) in [6, 6.07) is 7.01. The fourth-order valence-electron chi connectivity index (χ4n) is 5.58. The van der Waals surface area contributed by atoms with Gasteiger partial charge >= 0.3 is 0 Å². The van der Waals surface area contributed by atoms with E-state index in [1.54, 1.807) is 18.2 Å². The van der Waals surface area contributed by atoms with Crippen LogP contribution in [0, 0.1) is 17.8 Å². The molecule has 1 saturated carbocycles. The Morgan fingerprint density at radius 2 is 1.88 bits per heavy atom. The van der Waals surface area contributed by atoms with Crippen LogP contribution in [0.15, 0.2) is 41.2 Å². The van der Waals surface area contributed by atoms with Crippen molar-refractivity contribution in [3.8, 4) is 11.5 Å². The van der Waals surface area contributed by atoms with E-state index in [-0.39, 0.29) is 29.1 Å². The maximum atomic E-state index is 13.4. The van der Waals surface area contributed by atoms with Gasteiger partial charge in [0.2, 0.25) is 0 Å². The minimum absolute atomic E-state index is 0.0765. The van der Waals surface area contributed by atoms with Crippen LogP contribution >= 0.6 is 0 Å². The molecule has 8 nitrogen and oxygen atoms in total. The average molecular weight is 435 g/mol. The summed E-state index contributed by atoms with van der Waals surface area (Å²) in [6.07, 6.45) is 0.654. The van der Waals surface area contributed by atoms with Crippen molar-refractivity contribution < 1.29 is 34.4 Å². The van der Waals surface area contributed by atoms with Gasteiger partial charge in [0.25, 0.3) is 5.91 Å². The number of amides is 1. The Labute approximate surface area is 182 Å². The second-order valence-electron chi connectivity index (χ2n) is 8.57. The molecule has 32 heavy (non-hydrogen) atoms. The zero-order valence-corrected chi connectivity index (χ0v) is 17.2. The van der Waals surface area contributed by atoms with Gasteiger partial charge in [0.15, 0.2) is 11.6 Å². The molecule has 0 heterocycles. The van der Waals surface area contributed by atoms with E-state index in [1.165, 1.54) is 7.11 Å². The molecule has 0 radical (unpaired) electrons. The standard InChI is InChI=1S/C24H21NO7/c1-32-15-4-2-3-12-13(15)7-10-5-9-6-11-8-14(26)19(24(25)31)23(30)18(11)22(29)17(9)21(28)16(10)20(12)27/h2-4,7,9,11,18,27-28,30H,5-6,8H2,1H3,(H2,25,31). The van der Waals surface area contributed by atoms with Gasteiger partial charge in [-0.1, -0.05) is 12.1 Å². The molecule has 0 saturated heterocycles. The molecule has 0 spiro atoms. The number of hydrogen-bond acceptors (Lipinski definition) is 7. The van der Waals surface area contributed by atoms with Gasteiger partial charge in [-0.2, -0.15) is 0 Å². The van der Waals surface area contributed by atoms with Crippen molar-refractivity contribution in [3.63, 3.8) is 0 Å². The number of allylic oxidation sites excluding steroid dienone is 2. The number of ketones is 2. The third-order valence-corrected chi connectivity index (χ3v) is 6.91. The zero-order chi connectivity index (χ0) is 22.9. The number of Topliss-reactive ketones (excluding diaryl/α,β-unsaturated/α-hetero) is 2. The molecule has 3 atom stereocenters. The lowest BCUT2D eigenvalue weighted by Gasteiger charge is -2.41. The molecule has 0 aliphatic heterocycles. The smallest absolute Gasteiger partial charge is 0.255 e. The highest BCUT2D eigenvalue weighted by atomic mass is 16.5. The number of hydrogen-bond donors (Lipinski definition) is 4.